The minimum atomic E-state index is -0.465. The van der Waals surface area contributed by atoms with Crippen molar-refractivity contribution in [2.75, 3.05) is 7.11 Å². The summed E-state index contributed by atoms with van der Waals surface area (Å²) in [6.45, 7) is 0. The average molecular weight is 144 g/mol. The lowest BCUT2D eigenvalue weighted by molar-refractivity contribution is -0.148. The molecular weight excluding hydrogens is 132 g/mol. The van der Waals surface area contributed by atoms with E-state index >= 15 is 0 Å². The van der Waals surface area contributed by atoms with Gasteiger partial charge in [-0.15, -0.1) is 0 Å². The maximum absolute atomic E-state index is 10.8. The molecule has 1 N–H and O–H groups in total. The number of hydrogen-bond acceptors (Lipinski definition) is 3. The lowest BCUT2D eigenvalue weighted by Gasteiger charge is -2.10. The molecule has 0 saturated heterocycles. The van der Waals surface area contributed by atoms with Crippen LogP contribution < -0.4 is 0 Å². The summed E-state index contributed by atoms with van der Waals surface area (Å²) in [4.78, 5) is 10.8. The fraction of sp³-hybridized carbons (Fsp3) is 0.857. The highest BCUT2D eigenvalue weighted by Crippen LogP contribution is 2.26. The number of carbonyl (C=O) groups is 1. The van der Waals surface area contributed by atoms with Gasteiger partial charge in [0, 0.05) is 0 Å². The van der Waals surface area contributed by atoms with Gasteiger partial charge in [-0.3, -0.25) is 4.79 Å². The van der Waals surface area contributed by atoms with E-state index in [1.165, 1.54) is 7.11 Å². The van der Waals surface area contributed by atoms with Crippen molar-refractivity contribution in [2.24, 2.45) is 5.92 Å². The third-order valence-corrected chi connectivity index (χ3v) is 1.98. The highest BCUT2D eigenvalue weighted by molar-refractivity contribution is 5.73. The molecule has 0 aliphatic heterocycles. The minimum Gasteiger partial charge on any atom is -0.469 e. The second-order valence-electron chi connectivity index (χ2n) is 2.63. The van der Waals surface area contributed by atoms with E-state index in [4.69, 9.17) is 0 Å². The summed E-state index contributed by atoms with van der Waals surface area (Å²) in [5.41, 5.74) is 0. The Morgan fingerprint density at radius 3 is 2.70 bits per heavy atom. The Labute approximate surface area is 60.0 Å². The first-order chi connectivity index (χ1) is 4.75. The number of methoxy groups -OCH3 is 1. The van der Waals surface area contributed by atoms with Gasteiger partial charge in [0.25, 0.3) is 0 Å². The molecule has 3 nitrogen and oxygen atoms in total. The van der Waals surface area contributed by atoms with Gasteiger partial charge in [-0.1, -0.05) is 0 Å². The zero-order valence-corrected chi connectivity index (χ0v) is 6.04. The summed E-state index contributed by atoms with van der Waals surface area (Å²) in [6.07, 6.45) is 1.97. The summed E-state index contributed by atoms with van der Waals surface area (Å²) < 4.78 is 4.51. The van der Waals surface area contributed by atoms with Gasteiger partial charge in [0.1, 0.15) is 0 Å². The second-order valence-corrected chi connectivity index (χ2v) is 2.63. The largest absolute Gasteiger partial charge is 0.469 e. The number of hydrogen-bond donors (Lipinski definition) is 1. The number of rotatable bonds is 1. The summed E-state index contributed by atoms with van der Waals surface area (Å²) in [5, 5.41) is 9.19. The van der Waals surface area contributed by atoms with Crippen molar-refractivity contribution in [1.82, 2.24) is 0 Å². The predicted octanol–water partition coefficient (Wildman–Crippen LogP) is 0.320. The Kier molecular flexibility index (Phi) is 2.27. The van der Waals surface area contributed by atoms with Crippen LogP contribution in [0.4, 0.5) is 0 Å². The average Bonchev–Trinajstić information content (AvgIpc) is 2.34. The van der Waals surface area contributed by atoms with E-state index in [1.807, 2.05) is 0 Å². The van der Waals surface area contributed by atoms with Crippen molar-refractivity contribution in [3.63, 3.8) is 0 Å². The van der Waals surface area contributed by atoms with Crippen molar-refractivity contribution in [3.8, 4) is 0 Å². The molecule has 1 rings (SSSR count). The van der Waals surface area contributed by atoms with Crippen LogP contribution in [0.1, 0.15) is 19.3 Å². The molecular formula is C7H12O3. The molecule has 0 radical (unpaired) electrons. The fourth-order valence-corrected chi connectivity index (χ4v) is 1.37. The van der Waals surface area contributed by atoms with Crippen LogP contribution >= 0.6 is 0 Å². The second kappa shape index (κ2) is 3.01. The quantitative estimate of drug-likeness (QED) is 0.539. The Hall–Kier alpha value is -0.570. The highest BCUT2D eigenvalue weighted by atomic mass is 16.5. The molecule has 2 atom stereocenters. The lowest BCUT2D eigenvalue weighted by atomic mass is 10.1. The van der Waals surface area contributed by atoms with Gasteiger partial charge in [0.05, 0.1) is 19.1 Å². The lowest BCUT2D eigenvalue weighted by Crippen LogP contribution is -2.23. The van der Waals surface area contributed by atoms with Crippen LogP contribution in [0, 0.1) is 5.92 Å². The normalized spacial score (nSPS) is 32.2. The number of carbonyl (C=O) groups excluding carboxylic acids is 1. The number of aliphatic hydroxyl groups is 1. The zero-order valence-electron chi connectivity index (χ0n) is 6.04. The van der Waals surface area contributed by atoms with Crippen LogP contribution in [-0.2, 0) is 9.53 Å². The smallest absolute Gasteiger partial charge is 0.311 e. The first-order valence-corrected chi connectivity index (χ1v) is 3.51. The Morgan fingerprint density at radius 1 is 1.60 bits per heavy atom. The first kappa shape index (κ1) is 7.54. The van der Waals surface area contributed by atoms with Crippen molar-refractivity contribution >= 4 is 5.97 Å². The summed E-state index contributed by atoms with van der Waals surface area (Å²) >= 11 is 0. The fourth-order valence-electron chi connectivity index (χ4n) is 1.37. The molecule has 0 amide bonds. The van der Waals surface area contributed by atoms with Gasteiger partial charge in [-0.2, -0.15) is 0 Å². The maximum Gasteiger partial charge on any atom is 0.311 e. The van der Waals surface area contributed by atoms with Crippen LogP contribution in [0.2, 0.25) is 0 Å². The summed E-state index contributed by atoms with van der Waals surface area (Å²) in [7, 11) is 1.35. The highest BCUT2D eigenvalue weighted by Gasteiger charge is 2.31. The van der Waals surface area contributed by atoms with Crippen LogP contribution in [0.5, 0.6) is 0 Å². The van der Waals surface area contributed by atoms with Gasteiger partial charge in [0.2, 0.25) is 0 Å². The molecule has 0 bridgehead atoms. The molecule has 0 aromatic heterocycles. The Morgan fingerprint density at radius 2 is 2.30 bits per heavy atom. The standard InChI is InChI=1S/C7H12O3/c1-10-7(9)5-3-2-4-6(5)8/h5-6,8H,2-4H2,1H3/t5-,6+/m1/s1. The number of aliphatic hydroxyl groups excluding tert-OH is 1. The van der Waals surface area contributed by atoms with Gasteiger partial charge in [-0.05, 0) is 19.3 Å². The third kappa shape index (κ3) is 1.29. The molecule has 0 spiro atoms. The molecule has 0 aromatic carbocycles. The molecule has 58 valence electrons. The monoisotopic (exact) mass is 144 g/mol. The minimum absolute atomic E-state index is 0.259. The van der Waals surface area contributed by atoms with E-state index in [0.29, 0.717) is 0 Å². The summed E-state index contributed by atoms with van der Waals surface area (Å²) in [6, 6.07) is 0. The van der Waals surface area contributed by atoms with E-state index in [-0.39, 0.29) is 11.9 Å². The van der Waals surface area contributed by atoms with Crippen molar-refractivity contribution in [1.29, 1.82) is 0 Å². The summed E-state index contributed by atoms with van der Waals surface area (Å²) in [5.74, 6) is -0.532. The molecule has 10 heavy (non-hydrogen) atoms. The van der Waals surface area contributed by atoms with Gasteiger partial charge < -0.3 is 9.84 Å². The number of esters is 1. The molecule has 0 heterocycles. The van der Waals surface area contributed by atoms with Gasteiger partial charge in [-0.25, -0.2) is 0 Å². The molecule has 3 heteroatoms. The molecule has 1 fully saturated rings. The maximum atomic E-state index is 10.8. The van der Waals surface area contributed by atoms with Crippen molar-refractivity contribution in [3.05, 3.63) is 0 Å². The molecule has 1 saturated carbocycles. The molecule has 1 aliphatic rings. The molecule has 0 aromatic rings. The van der Waals surface area contributed by atoms with Gasteiger partial charge >= 0.3 is 5.97 Å². The van der Waals surface area contributed by atoms with E-state index < -0.39 is 6.10 Å². The van der Waals surface area contributed by atoms with Crippen LogP contribution in [-0.4, -0.2) is 24.3 Å². The zero-order chi connectivity index (χ0) is 7.56. The Balaban J connectivity index is 2.46. The Bertz CT molecular complexity index is 133. The van der Waals surface area contributed by atoms with E-state index in [9.17, 15) is 9.90 Å². The predicted molar refractivity (Wildman–Crippen MR) is 35.4 cm³/mol. The first-order valence-electron chi connectivity index (χ1n) is 3.51. The van der Waals surface area contributed by atoms with Crippen LogP contribution in [0.25, 0.3) is 0 Å². The molecule has 0 unspecified atom stereocenters. The van der Waals surface area contributed by atoms with Gasteiger partial charge in [0.15, 0.2) is 0 Å². The van der Waals surface area contributed by atoms with E-state index in [2.05, 4.69) is 4.74 Å². The van der Waals surface area contributed by atoms with Crippen molar-refractivity contribution in [2.45, 2.75) is 25.4 Å². The van der Waals surface area contributed by atoms with E-state index in [1.54, 1.807) is 0 Å². The van der Waals surface area contributed by atoms with Crippen LogP contribution in [0.15, 0.2) is 0 Å². The number of ether oxygens (including phenoxy) is 1. The topological polar surface area (TPSA) is 46.5 Å². The molecule has 1 aliphatic carbocycles. The third-order valence-electron chi connectivity index (χ3n) is 1.98. The van der Waals surface area contributed by atoms with Crippen molar-refractivity contribution < 1.29 is 14.6 Å². The SMILES string of the molecule is COC(=O)[C@@H]1CCC[C@@H]1O. The van der Waals surface area contributed by atoms with Crippen LogP contribution in [0.3, 0.4) is 0 Å². The van der Waals surface area contributed by atoms with E-state index in [0.717, 1.165) is 19.3 Å².